The molecule has 10 heteroatoms. The maximum Gasteiger partial charge on any atom is 0.322 e. The molecule has 0 aromatic heterocycles. The Labute approximate surface area is 194 Å². The SMILES string of the molecule is O=C(O)CNC(=O)c1cc(Br)c(OCc2cc(Cl)cc(NCC3CC3)c2F)c(Br)c1. The van der Waals surface area contributed by atoms with Crippen LogP contribution in [-0.2, 0) is 11.4 Å². The number of amides is 1. The number of carbonyl (C=O) groups is 2. The molecule has 3 rings (SSSR count). The second-order valence-corrected chi connectivity index (χ2v) is 9.03. The summed E-state index contributed by atoms with van der Waals surface area (Å²) >= 11 is 12.8. The fraction of sp³-hybridized carbons (Fsp3) is 0.300. The van der Waals surface area contributed by atoms with Crippen LogP contribution >= 0.6 is 43.5 Å². The van der Waals surface area contributed by atoms with E-state index in [0.717, 1.165) is 12.8 Å². The Morgan fingerprint density at radius 1 is 1.20 bits per heavy atom. The number of nitrogens with one attached hydrogen (secondary N) is 2. The van der Waals surface area contributed by atoms with Crippen molar-refractivity contribution in [1.29, 1.82) is 0 Å². The summed E-state index contributed by atoms with van der Waals surface area (Å²) in [5.74, 6) is -1.15. The molecular weight excluding hydrogens is 546 g/mol. The molecule has 0 bridgehead atoms. The van der Waals surface area contributed by atoms with E-state index in [1.165, 1.54) is 18.2 Å². The number of halogens is 4. The number of carboxylic acid groups (broad SMARTS) is 1. The standard InChI is InChI=1S/C20H18Br2ClFN2O4/c21-14-4-11(20(29)26-8-17(27)28)5-15(22)19(14)30-9-12-3-13(23)6-16(18(12)24)25-7-10-1-2-10/h3-6,10,25H,1-2,7-9H2,(H,26,29)(H,27,28). The molecule has 3 N–H and O–H groups in total. The van der Waals surface area contributed by atoms with Gasteiger partial charge in [-0.25, -0.2) is 4.39 Å². The quantitative estimate of drug-likeness (QED) is 0.389. The highest BCUT2D eigenvalue weighted by molar-refractivity contribution is 9.11. The van der Waals surface area contributed by atoms with E-state index in [-0.39, 0.29) is 12.2 Å². The van der Waals surface area contributed by atoms with Crippen molar-refractivity contribution >= 4 is 61.0 Å². The number of carbonyl (C=O) groups excluding carboxylic acids is 1. The predicted molar refractivity (Wildman–Crippen MR) is 119 cm³/mol. The van der Waals surface area contributed by atoms with Gasteiger partial charge in [-0.2, -0.15) is 0 Å². The average molecular weight is 565 g/mol. The molecule has 0 atom stereocenters. The van der Waals surface area contributed by atoms with Crippen LogP contribution in [0.25, 0.3) is 0 Å². The number of aliphatic carboxylic acids is 1. The summed E-state index contributed by atoms with van der Waals surface area (Å²) in [6.45, 7) is 0.143. The lowest BCUT2D eigenvalue weighted by Gasteiger charge is -2.15. The first-order valence-corrected chi connectivity index (χ1v) is 11.0. The minimum absolute atomic E-state index is 0.0771. The first kappa shape index (κ1) is 22.8. The van der Waals surface area contributed by atoms with Gasteiger partial charge in [-0.3, -0.25) is 9.59 Å². The van der Waals surface area contributed by atoms with E-state index in [1.54, 1.807) is 6.07 Å². The molecule has 0 spiro atoms. The summed E-state index contributed by atoms with van der Waals surface area (Å²) in [5.41, 5.74) is 0.877. The topological polar surface area (TPSA) is 87.7 Å². The maximum atomic E-state index is 14.8. The zero-order valence-corrected chi connectivity index (χ0v) is 19.5. The largest absolute Gasteiger partial charge is 0.486 e. The Hall–Kier alpha value is -1.84. The minimum Gasteiger partial charge on any atom is -0.486 e. The molecule has 1 aliphatic rings. The highest BCUT2D eigenvalue weighted by Gasteiger charge is 2.22. The molecule has 0 saturated heterocycles. The van der Waals surface area contributed by atoms with Crippen LogP contribution in [0.4, 0.5) is 10.1 Å². The number of rotatable bonds is 9. The Balaban J connectivity index is 1.72. The number of ether oxygens (including phenoxy) is 1. The van der Waals surface area contributed by atoms with E-state index in [0.29, 0.717) is 43.4 Å². The molecule has 6 nitrogen and oxygen atoms in total. The molecule has 1 aliphatic carbocycles. The molecule has 1 amide bonds. The van der Waals surface area contributed by atoms with Crippen LogP contribution in [0.2, 0.25) is 5.02 Å². The number of benzene rings is 2. The van der Waals surface area contributed by atoms with Crippen molar-refractivity contribution in [1.82, 2.24) is 5.32 Å². The highest BCUT2D eigenvalue weighted by Crippen LogP contribution is 2.36. The van der Waals surface area contributed by atoms with Gasteiger partial charge in [-0.1, -0.05) is 11.6 Å². The first-order valence-electron chi connectivity index (χ1n) is 9.08. The second kappa shape index (κ2) is 9.98. The Morgan fingerprint density at radius 3 is 2.47 bits per heavy atom. The van der Waals surface area contributed by atoms with Gasteiger partial charge in [0.2, 0.25) is 0 Å². The van der Waals surface area contributed by atoms with Crippen molar-refractivity contribution in [3.8, 4) is 5.75 Å². The van der Waals surface area contributed by atoms with Crippen LogP contribution in [0, 0.1) is 11.7 Å². The third kappa shape index (κ3) is 6.09. The predicted octanol–water partition coefficient (Wildman–Crippen LogP) is 5.22. The molecule has 2 aromatic rings. The van der Waals surface area contributed by atoms with Crippen LogP contribution in [-0.4, -0.2) is 30.1 Å². The van der Waals surface area contributed by atoms with Crippen LogP contribution in [0.15, 0.2) is 33.2 Å². The maximum absolute atomic E-state index is 14.8. The fourth-order valence-electron chi connectivity index (χ4n) is 2.69. The number of hydrogen-bond donors (Lipinski definition) is 3. The van der Waals surface area contributed by atoms with Crippen molar-refractivity contribution in [2.24, 2.45) is 5.92 Å². The van der Waals surface area contributed by atoms with Gasteiger partial charge in [-0.05, 0) is 74.9 Å². The molecule has 1 saturated carbocycles. The summed E-state index contributed by atoms with van der Waals surface area (Å²) < 4.78 is 21.5. The summed E-state index contributed by atoms with van der Waals surface area (Å²) in [6, 6.07) is 6.05. The van der Waals surface area contributed by atoms with Crippen LogP contribution in [0.3, 0.4) is 0 Å². The van der Waals surface area contributed by atoms with E-state index in [4.69, 9.17) is 21.4 Å². The average Bonchev–Trinajstić information content (AvgIpc) is 3.50. The van der Waals surface area contributed by atoms with E-state index in [1.807, 2.05) is 0 Å². The number of hydrogen-bond acceptors (Lipinski definition) is 4. The van der Waals surface area contributed by atoms with Gasteiger partial charge in [0.1, 0.15) is 18.9 Å². The van der Waals surface area contributed by atoms with Crippen LogP contribution < -0.4 is 15.4 Å². The normalized spacial score (nSPS) is 13.1. The first-order chi connectivity index (χ1) is 14.2. The zero-order valence-electron chi connectivity index (χ0n) is 15.6. The van der Waals surface area contributed by atoms with Crippen LogP contribution in [0.5, 0.6) is 5.75 Å². The molecule has 0 unspecified atom stereocenters. The molecular formula is C20H18Br2ClFN2O4. The van der Waals surface area contributed by atoms with E-state index < -0.39 is 24.2 Å². The van der Waals surface area contributed by atoms with Gasteiger partial charge >= 0.3 is 5.97 Å². The van der Waals surface area contributed by atoms with Gasteiger partial charge in [0.25, 0.3) is 5.91 Å². The summed E-state index contributed by atoms with van der Waals surface area (Å²) in [6.07, 6.45) is 2.30. The number of anilines is 1. The minimum atomic E-state index is -1.14. The van der Waals surface area contributed by atoms with Crippen LogP contribution in [0.1, 0.15) is 28.8 Å². The molecule has 0 aliphatic heterocycles. The van der Waals surface area contributed by atoms with Crippen molar-refractivity contribution < 1.29 is 23.8 Å². The third-order valence-electron chi connectivity index (χ3n) is 4.42. The van der Waals surface area contributed by atoms with Crippen molar-refractivity contribution in [2.75, 3.05) is 18.4 Å². The van der Waals surface area contributed by atoms with E-state index >= 15 is 0 Å². The summed E-state index contributed by atoms with van der Waals surface area (Å²) in [5, 5.41) is 14.4. The second-order valence-electron chi connectivity index (χ2n) is 6.88. The van der Waals surface area contributed by atoms with Crippen molar-refractivity contribution in [3.05, 3.63) is 55.2 Å². The molecule has 0 radical (unpaired) electrons. The highest BCUT2D eigenvalue weighted by atomic mass is 79.9. The van der Waals surface area contributed by atoms with Gasteiger partial charge in [0.05, 0.1) is 14.6 Å². The molecule has 160 valence electrons. The molecule has 0 heterocycles. The van der Waals surface area contributed by atoms with Gasteiger partial charge in [0, 0.05) is 22.7 Å². The monoisotopic (exact) mass is 562 g/mol. The smallest absolute Gasteiger partial charge is 0.322 e. The fourth-order valence-corrected chi connectivity index (χ4v) is 4.35. The lowest BCUT2D eigenvalue weighted by molar-refractivity contribution is -0.135. The lowest BCUT2D eigenvalue weighted by atomic mass is 10.1. The third-order valence-corrected chi connectivity index (χ3v) is 5.82. The molecule has 30 heavy (non-hydrogen) atoms. The Bertz CT molecular complexity index is 963. The number of carboxylic acids is 1. The van der Waals surface area contributed by atoms with Gasteiger partial charge in [-0.15, -0.1) is 0 Å². The lowest BCUT2D eigenvalue weighted by Crippen LogP contribution is -2.29. The van der Waals surface area contributed by atoms with E-state index in [2.05, 4.69) is 42.5 Å². The summed E-state index contributed by atoms with van der Waals surface area (Å²) in [4.78, 5) is 22.6. The molecule has 2 aromatic carbocycles. The Morgan fingerprint density at radius 2 is 1.87 bits per heavy atom. The van der Waals surface area contributed by atoms with Crippen molar-refractivity contribution in [3.63, 3.8) is 0 Å². The van der Waals surface area contributed by atoms with E-state index in [9.17, 15) is 14.0 Å². The van der Waals surface area contributed by atoms with Gasteiger partial charge in [0.15, 0.2) is 5.82 Å². The zero-order chi connectivity index (χ0) is 21.8. The van der Waals surface area contributed by atoms with Crippen molar-refractivity contribution in [2.45, 2.75) is 19.4 Å². The Kier molecular flexibility index (Phi) is 7.60. The van der Waals surface area contributed by atoms with Gasteiger partial charge < -0.3 is 20.5 Å². The summed E-state index contributed by atoms with van der Waals surface area (Å²) in [7, 11) is 0. The molecule has 1 fully saturated rings.